The van der Waals surface area contributed by atoms with Crippen molar-refractivity contribution in [3.8, 4) is 5.75 Å². The van der Waals surface area contributed by atoms with E-state index in [2.05, 4.69) is 0 Å². The lowest BCUT2D eigenvalue weighted by Gasteiger charge is -2.55. The van der Waals surface area contributed by atoms with Crippen molar-refractivity contribution in [1.29, 1.82) is 0 Å². The number of carbonyl (C=O) groups is 2. The predicted octanol–water partition coefficient (Wildman–Crippen LogP) is 3.94. The first-order valence-electron chi connectivity index (χ1n) is 9.74. The molecule has 4 saturated carbocycles. The fourth-order valence-electron chi connectivity index (χ4n) is 6.19. The Morgan fingerprint density at radius 1 is 1.00 bits per heavy atom. The molecule has 1 aliphatic heterocycles. The highest BCUT2D eigenvalue weighted by molar-refractivity contribution is 5.95. The molecule has 1 aromatic carbocycles. The fraction of sp³-hybridized carbons (Fsp3) is 0.619. The van der Waals surface area contributed by atoms with Crippen LogP contribution >= 0.6 is 0 Å². The molecule has 5 aliphatic rings. The number of anilines is 1. The maximum absolute atomic E-state index is 13.0. The zero-order valence-corrected chi connectivity index (χ0v) is 14.6. The largest absolute Gasteiger partial charge is 0.426 e. The molecule has 1 saturated heterocycles. The molecule has 0 N–H and O–H groups in total. The molecule has 6 rings (SSSR count). The van der Waals surface area contributed by atoms with Crippen LogP contribution < -0.4 is 9.64 Å². The molecule has 1 aromatic rings. The summed E-state index contributed by atoms with van der Waals surface area (Å²) < 4.78 is 5.80. The van der Waals surface area contributed by atoms with E-state index in [1.807, 2.05) is 29.2 Å². The summed E-state index contributed by atoms with van der Waals surface area (Å²) in [5, 5.41) is 0. The minimum Gasteiger partial charge on any atom is -0.426 e. The Hall–Kier alpha value is -1.84. The van der Waals surface area contributed by atoms with E-state index in [9.17, 15) is 9.59 Å². The molecule has 132 valence electrons. The third-order valence-electron chi connectivity index (χ3n) is 6.90. The number of ether oxygens (including phenoxy) is 1. The smallest absolute Gasteiger partial charge is 0.317 e. The molecule has 1 amide bonds. The first kappa shape index (κ1) is 15.4. The molecule has 0 unspecified atom stereocenters. The summed E-state index contributed by atoms with van der Waals surface area (Å²) >= 11 is 0. The van der Waals surface area contributed by atoms with Crippen molar-refractivity contribution in [2.45, 2.75) is 51.4 Å². The van der Waals surface area contributed by atoms with Crippen molar-refractivity contribution < 1.29 is 14.3 Å². The molecule has 4 heteroatoms. The Morgan fingerprint density at radius 2 is 1.60 bits per heavy atom. The van der Waals surface area contributed by atoms with Gasteiger partial charge in [0.2, 0.25) is 5.91 Å². The zero-order valence-electron chi connectivity index (χ0n) is 14.6. The quantitative estimate of drug-likeness (QED) is 0.619. The van der Waals surface area contributed by atoms with E-state index in [0.29, 0.717) is 12.2 Å². The number of nitrogens with zero attached hydrogens (tertiary/aromatic N) is 1. The van der Waals surface area contributed by atoms with Gasteiger partial charge in [-0.3, -0.25) is 9.59 Å². The van der Waals surface area contributed by atoms with Gasteiger partial charge in [-0.25, -0.2) is 0 Å². The van der Waals surface area contributed by atoms with Crippen LogP contribution in [0.1, 0.15) is 51.4 Å². The minimum atomic E-state index is -0.224. The fourth-order valence-corrected chi connectivity index (χ4v) is 6.19. The monoisotopic (exact) mass is 339 g/mol. The first-order valence-corrected chi connectivity index (χ1v) is 9.74. The molecular weight excluding hydrogens is 314 g/mol. The Morgan fingerprint density at radius 3 is 2.12 bits per heavy atom. The van der Waals surface area contributed by atoms with Gasteiger partial charge in [-0.15, -0.1) is 0 Å². The summed E-state index contributed by atoms with van der Waals surface area (Å²) in [5.41, 5.74) is 0.676. The third kappa shape index (κ3) is 2.57. The van der Waals surface area contributed by atoms with Gasteiger partial charge in [0, 0.05) is 18.7 Å². The van der Waals surface area contributed by atoms with Gasteiger partial charge in [0.15, 0.2) is 0 Å². The van der Waals surface area contributed by atoms with E-state index >= 15 is 0 Å². The Kier molecular flexibility index (Phi) is 3.44. The van der Waals surface area contributed by atoms with Crippen molar-refractivity contribution in [2.24, 2.45) is 23.2 Å². The van der Waals surface area contributed by atoms with Gasteiger partial charge in [0.1, 0.15) is 5.75 Å². The van der Waals surface area contributed by atoms with Gasteiger partial charge in [-0.2, -0.15) is 0 Å². The second-order valence-electron chi connectivity index (χ2n) is 8.73. The predicted molar refractivity (Wildman–Crippen MR) is 94.3 cm³/mol. The van der Waals surface area contributed by atoms with Crippen molar-refractivity contribution in [2.75, 3.05) is 11.4 Å². The molecule has 5 fully saturated rings. The number of amides is 1. The summed E-state index contributed by atoms with van der Waals surface area (Å²) in [6.07, 6.45) is 8.60. The third-order valence-corrected chi connectivity index (χ3v) is 6.90. The number of hydrogen-bond acceptors (Lipinski definition) is 3. The SMILES string of the molecule is O=C1CCCN1c1ccc(OC(=O)C23CC4CC(CC(C4)C2)C3)cc1. The normalized spacial score (nSPS) is 36.1. The van der Waals surface area contributed by atoms with Crippen LogP contribution in [0.3, 0.4) is 0 Å². The van der Waals surface area contributed by atoms with Gasteiger partial charge in [0.05, 0.1) is 5.41 Å². The number of esters is 1. The summed E-state index contributed by atoms with van der Waals surface area (Å²) in [6, 6.07) is 7.45. The molecule has 0 radical (unpaired) electrons. The molecule has 0 aromatic heterocycles. The van der Waals surface area contributed by atoms with Crippen LogP contribution in [0.2, 0.25) is 0 Å². The highest BCUT2D eigenvalue weighted by Gasteiger charge is 2.55. The van der Waals surface area contributed by atoms with Gasteiger partial charge < -0.3 is 9.64 Å². The Balaban J connectivity index is 1.30. The molecule has 4 aliphatic carbocycles. The zero-order chi connectivity index (χ0) is 17.0. The van der Waals surface area contributed by atoms with Crippen molar-refractivity contribution >= 4 is 17.6 Å². The molecular formula is C21H25NO3. The standard InChI is InChI=1S/C21H25NO3/c23-19-2-1-7-22(19)17-3-5-18(6-4-17)25-20(24)21-11-14-8-15(12-21)10-16(9-14)13-21/h3-6,14-16H,1-2,7-13H2. The van der Waals surface area contributed by atoms with Crippen molar-refractivity contribution in [3.63, 3.8) is 0 Å². The second-order valence-corrected chi connectivity index (χ2v) is 8.73. The average Bonchev–Trinajstić information content (AvgIpc) is 3.00. The average molecular weight is 339 g/mol. The molecule has 0 spiro atoms. The number of carbonyl (C=O) groups excluding carboxylic acids is 2. The molecule has 1 heterocycles. The van der Waals surface area contributed by atoms with E-state index in [1.54, 1.807) is 0 Å². The van der Waals surface area contributed by atoms with Crippen LogP contribution in [-0.4, -0.2) is 18.4 Å². The van der Waals surface area contributed by atoms with Crippen molar-refractivity contribution in [3.05, 3.63) is 24.3 Å². The number of hydrogen-bond donors (Lipinski definition) is 0. The van der Waals surface area contributed by atoms with E-state index in [4.69, 9.17) is 4.74 Å². The van der Waals surface area contributed by atoms with Crippen molar-refractivity contribution in [1.82, 2.24) is 0 Å². The maximum Gasteiger partial charge on any atom is 0.317 e. The second kappa shape index (κ2) is 5.58. The van der Waals surface area contributed by atoms with Gasteiger partial charge in [0.25, 0.3) is 0 Å². The topological polar surface area (TPSA) is 46.6 Å². The lowest BCUT2D eigenvalue weighted by Crippen LogP contribution is -2.51. The van der Waals surface area contributed by atoms with E-state index in [-0.39, 0.29) is 17.3 Å². The van der Waals surface area contributed by atoms with Crippen LogP contribution in [0.15, 0.2) is 24.3 Å². The highest BCUT2D eigenvalue weighted by atomic mass is 16.5. The lowest BCUT2D eigenvalue weighted by molar-refractivity contribution is -0.161. The molecule has 25 heavy (non-hydrogen) atoms. The number of benzene rings is 1. The first-order chi connectivity index (χ1) is 12.1. The van der Waals surface area contributed by atoms with E-state index in [0.717, 1.165) is 55.7 Å². The summed E-state index contributed by atoms with van der Waals surface area (Å²) in [7, 11) is 0. The van der Waals surface area contributed by atoms with Gasteiger partial charge in [-0.1, -0.05) is 0 Å². The Labute approximate surface area is 148 Å². The lowest BCUT2D eigenvalue weighted by atomic mass is 9.49. The van der Waals surface area contributed by atoms with Gasteiger partial charge >= 0.3 is 5.97 Å². The highest BCUT2D eigenvalue weighted by Crippen LogP contribution is 2.60. The van der Waals surface area contributed by atoms with E-state index in [1.165, 1.54) is 19.3 Å². The summed E-state index contributed by atoms with van der Waals surface area (Å²) in [5.74, 6) is 2.98. The minimum absolute atomic E-state index is 0.0170. The maximum atomic E-state index is 13.0. The summed E-state index contributed by atoms with van der Waals surface area (Å²) in [4.78, 5) is 26.6. The van der Waals surface area contributed by atoms with Crippen LogP contribution in [0, 0.1) is 23.2 Å². The molecule has 4 bridgehead atoms. The molecule has 4 nitrogen and oxygen atoms in total. The van der Waals surface area contributed by atoms with Gasteiger partial charge in [-0.05, 0) is 87.0 Å². The van der Waals surface area contributed by atoms with Crippen LogP contribution in [0.4, 0.5) is 5.69 Å². The van der Waals surface area contributed by atoms with Crippen LogP contribution in [-0.2, 0) is 9.59 Å². The number of rotatable bonds is 3. The van der Waals surface area contributed by atoms with E-state index < -0.39 is 0 Å². The summed E-state index contributed by atoms with van der Waals surface area (Å²) in [6.45, 7) is 0.783. The Bertz CT molecular complexity index is 673. The molecule has 0 atom stereocenters. The van der Waals surface area contributed by atoms with Crippen LogP contribution in [0.5, 0.6) is 5.75 Å². The van der Waals surface area contributed by atoms with Crippen LogP contribution in [0.25, 0.3) is 0 Å².